The number of nitrogens with zero attached hydrogens (tertiary/aromatic N) is 1. The van der Waals surface area contributed by atoms with Crippen LogP contribution < -0.4 is 5.32 Å². The van der Waals surface area contributed by atoms with Crippen molar-refractivity contribution in [3.8, 4) is 0 Å². The van der Waals surface area contributed by atoms with Gasteiger partial charge in [0.2, 0.25) is 0 Å². The van der Waals surface area contributed by atoms with Crippen molar-refractivity contribution in [3.63, 3.8) is 0 Å². The number of nitrogens with one attached hydrogen (secondary N) is 1. The maximum absolute atomic E-state index is 12.8. The van der Waals surface area contributed by atoms with Crippen molar-refractivity contribution in [1.82, 2.24) is 4.98 Å². The van der Waals surface area contributed by atoms with Crippen LogP contribution in [0.5, 0.6) is 0 Å². The van der Waals surface area contributed by atoms with Gasteiger partial charge in [0.15, 0.2) is 5.78 Å². The summed E-state index contributed by atoms with van der Waals surface area (Å²) in [7, 11) is 0. The van der Waals surface area contributed by atoms with Gasteiger partial charge in [-0.3, -0.25) is 9.78 Å². The number of rotatable bonds is 6. The monoisotopic (exact) mass is 352 g/mol. The van der Waals surface area contributed by atoms with Crippen molar-refractivity contribution in [2.75, 3.05) is 5.32 Å². The fourth-order valence-corrected chi connectivity index (χ4v) is 3.23. The highest BCUT2D eigenvalue weighted by molar-refractivity contribution is 5.96. The maximum atomic E-state index is 12.8. The first-order valence-corrected chi connectivity index (χ1v) is 9.04. The number of fused-ring (bicyclic) bond motifs is 1. The number of pyridine rings is 1. The average Bonchev–Trinajstić information content (AvgIpc) is 2.74. The summed E-state index contributed by atoms with van der Waals surface area (Å²) < 4.78 is 0. The molecule has 4 aromatic rings. The minimum Gasteiger partial charge on any atom is -0.378 e. The highest BCUT2D eigenvalue weighted by Crippen LogP contribution is 2.26. The number of hydrogen-bond acceptors (Lipinski definition) is 3. The van der Waals surface area contributed by atoms with Crippen LogP contribution in [0.2, 0.25) is 0 Å². The van der Waals surface area contributed by atoms with E-state index in [9.17, 15) is 4.79 Å². The fourth-order valence-electron chi connectivity index (χ4n) is 3.23. The molecule has 3 nitrogen and oxygen atoms in total. The van der Waals surface area contributed by atoms with Crippen molar-refractivity contribution in [2.24, 2.45) is 0 Å². The van der Waals surface area contributed by atoms with Gasteiger partial charge in [-0.05, 0) is 29.8 Å². The molecule has 0 radical (unpaired) electrons. The van der Waals surface area contributed by atoms with E-state index in [2.05, 4.69) is 28.5 Å². The van der Waals surface area contributed by atoms with Gasteiger partial charge in [-0.1, -0.05) is 66.7 Å². The van der Waals surface area contributed by atoms with Crippen LogP contribution in [0.1, 0.15) is 28.4 Å². The van der Waals surface area contributed by atoms with Crippen LogP contribution >= 0.6 is 0 Å². The molecule has 4 rings (SSSR count). The van der Waals surface area contributed by atoms with Crippen LogP contribution in [-0.2, 0) is 0 Å². The SMILES string of the molecule is O=C(C[C@@H](Nc1ccc2ncccc2c1)c1ccccc1)c1ccccc1. The van der Waals surface area contributed by atoms with E-state index in [1.807, 2.05) is 72.8 Å². The largest absolute Gasteiger partial charge is 0.378 e. The van der Waals surface area contributed by atoms with E-state index in [1.165, 1.54) is 0 Å². The number of anilines is 1. The van der Waals surface area contributed by atoms with Gasteiger partial charge < -0.3 is 5.32 Å². The second-order valence-electron chi connectivity index (χ2n) is 6.51. The zero-order valence-corrected chi connectivity index (χ0v) is 14.9. The molecule has 0 aliphatic rings. The molecule has 132 valence electrons. The molecule has 3 heteroatoms. The quantitative estimate of drug-likeness (QED) is 0.455. The lowest BCUT2D eigenvalue weighted by Gasteiger charge is -2.20. The molecule has 0 fully saturated rings. The third-order valence-corrected chi connectivity index (χ3v) is 4.63. The van der Waals surface area contributed by atoms with E-state index in [4.69, 9.17) is 0 Å². The van der Waals surface area contributed by atoms with Crippen molar-refractivity contribution >= 4 is 22.4 Å². The molecule has 0 saturated carbocycles. The summed E-state index contributed by atoms with van der Waals surface area (Å²) in [5.41, 5.74) is 3.76. The number of carbonyl (C=O) groups is 1. The van der Waals surface area contributed by atoms with E-state index in [-0.39, 0.29) is 11.8 Å². The van der Waals surface area contributed by atoms with E-state index >= 15 is 0 Å². The van der Waals surface area contributed by atoms with E-state index in [1.54, 1.807) is 6.20 Å². The second-order valence-corrected chi connectivity index (χ2v) is 6.51. The molecule has 0 aliphatic carbocycles. The average molecular weight is 352 g/mol. The molecule has 1 heterocycles. The third-order valence-electron chi connectivity index (χ3n) is 4.63. The zero-order chi connectivity index (χ0) is 18.5. The second kappa shape index (κ2) is 7.83. The molecule has 3 aromatic carbocycles. The first kappa shape index (κ1) is 17.0. The number of Topliss-reactive ketones (excluding diaryl/α,β-unsaturated/α-hetero) is 1. The summed E-state index contributed by atoms with van der Waals surface area (Å²) in [5, 5.41) is 4.61. The van der Waals surface area contributed by atoms with Crippen molar-refractivity contribution in [1.29, 1.82) is 0 Å². The summed E-state index contributed by atoms with van der Waals surface area (Å²) >= 11 is 0. The summed E-state index contributed by atoms with van der Waals surface area (Å²) in [6.07, 6.45) is 2.18. The maximum Gasteiger partial charge on any atom is 0.165 e. The third kappa shape index (κ3) is 4.04. The Bertz CT molecular complexity index is 1050. The summed E-state index contributed by atoms with van der Waals surface area (Å²) in [5.74, 6) is 0.124. The molecular formula is C24H20N2O. The van der Waals surface area contributed by atoms with E-state index in [0.29, 0.717) is 6.42 Å². The number of carbonyl (C=O) groups excluding carboxylic acids is 1. The van der Waals surface area contributed by atoms with Crippen molar-refractivity contribution in [2.45, 2.75) is 12.5 Å². The van der Waals surface area contributed by atoms with Gasteiger partial charge >= 0.3 is 0 Å². The van der Waals surface area contributed by atoms with Crippen LogP contribution in [-0.4, -0.2) is 10.8 Å². The Morgan fingerprint density at radius 3 is 2.37 bits per heavy atom. The number of hydrogen-bond donors (Lipinski definition) is 1. The number of aromatic nitrogens is 1. The lowest BCUT2D eigenvalue weighted by molar-refractivity contribution is 0.0976. The molecule has 0 spiro atoms. The predicted octanol–water partition coefficient (Wildman–Crippen LogP) is 5.66. The Morgan fingerprint density at radius 1 is 0.852 bits per heavy atom. The minimum absolute atomic E-state index is 0.104. The fraction of sp³-hybridized carbons (Fsp3) is 0.0833. The number of benzene rings is 3. The molecule has 1 aromatic heterocycles. The Hall–Kier alpha value is -3.46. The topological polar surface area (TPSA) is 42.0 Å². The lowest BCUT2D eigenvalue weighted by atomic mass is 9.97. The highest BCUT2D eigenvalue weighted by Gasteiger charge is 2.17. The summed E-state index contributed by atoms with van der Waals surface area (Å²) in [6, 6.07) is 29.5. The standard InChI is InChI=1S/C24H20N2O/c27-24(19-10-5-2-6-11-19)17-23(18-8-3-1-4-9-18)26-21-13-14-22-20(16-21)12-7-15-25-22/h1-16,23,26H,17H2/t23-/m1/s1. The normalized spacial score (nSPS) is 11.9. The van der Waals surface area contributed by atoms with Gasteiger partial charge in [0, 0.05) is 29.3 Å². The Kier molecular flexibility index (Phi) is 4.93. The molecule has 0 saturated heterocycles. The predicted molar refractivity (Wildman–Crippen MR) is 110 cm³/mol. The van der Waals surface area contributed by atoms with Gasteiger partial charge in [-0.15, -0.1) is 0 Å². The Balaban J connectivity index is 1.62. The molecule has 27 heavy (non-hydrogen) atoms. The van der Waals surface area contributed by atoms with Crippen LogP contribution in [0, 0.1) is 0 Å². The summed E-state index contributed by atoms with van der Waals surface area (Å²) in [4.78, 5) is 17.1. The minimum atomic E-state index is -0.104. The van der Waals surface area contributed by atoms with Gasteiger partial charge in [0.1, 0.15) is 0 Å². The van der Waals surface area contributed by atoms with E-state index in [0.717, 1.165) is 27.7 Å². The molecular weight excluding hydrogens is 332 g/mol. The molecule has 0 amide bonds. The van der Waals surface area contributed by atoms with Crippen LogP contribution in [0.4, 0.5) is 5.69 Å². The molecule has 0 bridgehead atoms. The zero-order valence-electron chi connectivity index (χ0n) is 14.9. The lowest BCUT2D eigenvalue weighted by Crippen LogP contribution is -2.15. The van der Waals surface area contributed by atoms with E-state index < -0.39 is 0 Å². The molecule has 0 aliphatic heterocycles. The van der Waals surface area contributed by atoms with Crippen LogP contribution in [0.3, 0.4) is 0 Å². The van der Waals surface area contributed by atoms with Crippen LogP contribution in [0.15, 0.2) is 97.2 Å². The molecule has 0 unspecified atom stereocenters. The van der Waals surface area contributed by atoms with Gasteiger partial charge in [-0.25, -0.2) is 0 Å². The first-order valence-electron chi connectivity index (χ1n) is 9.04. The molecule has 1 atom stereocenters. The van der Waals surface area contributed by atoms with Gasteiger partial charge in [0.25, 0.3) is 0 Å². The number of ketones is 1. The van der Waals surface area contributed by atoms with Crippen molar-refractivity contribution in [3.05, 3.63) is 108 Å². The highest BCUT2D eigenvalue weighted by atomic mass is 16.1. The van der Waals surface area contributed by atoms with Gasteiger partial charge in [0.05, 0.1) is 11.6 Å². The Labute approximate surface area is 158 Å². The van der Waals surface area contributed by atoms with Gasteiger partial charge in [-0.2, -0.15) is 0 Å². The molecule has 1 N–H and O–H groups in total. The smallest absolute Gasteiger partial charge is 0.165 e. The first-order chi connectivity index (χ1) is 13.3. The van der Waals surface area contributed by atoms with Crippen molar-refractivity contribution < 1.29 is 4.79 Å². The Morgan fingerprint density at radius 2 is 1.59 bits per heavy atom. The summed E-state index contributed by atoms with van der Waals surface area (Å²) in [6.45, 7) is 0. The van der Waals surface area contributed by atoms with Crippen LogP contribution in [0.25, 0.3) is 10.9 Å².